The third-order valence-electron chi connectivity index (χ3n) is 3.55. The molecule has 3 N–H and O–H groups in total. The van der Waals surface area contributed by atoms with Gasteiger partial charge in [-0.25, -0.2) is 13.6 Å². The number of nitrogens with zero attached hydrogens (tertiary/aromatic N) is 1. The van der Waals surface area contributed by atoms with Gasteiger partial charge in [0.1, 0.15) is 17.7 Å². The Labute approximate surface area is 136 Å². The van der Waals surface area contributed by atoms with Crippen LogP contribution < -0.4 is 5.32 Å². The fraction of sp³-hybridized carbons (Fsp3) is 0.312. The quantitative estimate of drug-likeness (QED) is 0.724. The number of aliphatic carboxylic acids is 1. The van der Waals surface area contributed by atoms with E-state index in [-0.39, 0.29) is 17.7 Å². The Morgan fingerprint density at radius 2 is 2.00 bits per heavy atom. The van der Waals surface area contributed by atoms with Crippen LogP contribution in [0.3, 0.4) is 0 Å². The number of carboxylic acid groups (broad SMARTS) is 1. The highest BCUT2D eigenvalue weighted by Gasteiger charge is 2.25. The monoisotopic (exact) mass is 337 g/mol. The van der Waals surface area contributed by atoms with Gasteiger partial charge in [-0.3, -0.25) is 9.89 Å². The van der Waals surface area contributed by atoms with Crippen molar-refractivity contribution in [2.75, 3.05) is 0 Å². The van der Waals surface area contributed by atoms with Gasteiger partial charge in [-0.15, -0.1) is 0 Å². The maximum Gasteiger partial charge on any atom is 0.326 e. The predicted octanol–water partition coefficient (Wildman–Crippen LogP) is 2.73. The van der Waals surface area contributed by atoms with Crippen LogP contribution in [0, 0.1) is 11.6 Å². The van der Waals surface area contributed by atoms with E-state index < -0.39 is 35.1 Å². The minimum Gasteiger partial charge on any atom is -0.480 e. The first-order valence-corrected chi connectivity index (χ1v) is 7.47. The van der Waals surface area contributed by atoms with Crippen LogP contribution in [0.4, 0.5) is 8.78 Å². The Kier molecular flexibility index (Phi) is 5.62. The Morgan fingerprint density at radius 3 is 2.58 bits per heavy atom. The van der Waals surface area contributed by atoms with Crippen molar-refractivity contribution in [2.24, 2.45) is 0 Å². The molecule has 0 fully saturated rings. The van der Waals surface area contributed by atoms with Crippen LogP contribution in [-0.2, 0) is 4.79 Å². The first kappa shape index (κ1) is 17.6. The van der Waals surface area contributed by atoms with E-state index in [0.29, 0.717) is 6.42 Å². The molecule has 2 aromatic rings. The Balaban J connectivity index is 2.29. The van der Waals surface area contributed by atoms with Crippen molar-refractivity contribution in [1.29, 1.82) is 0 Å². The third-order valence-corrected chi connectivity index (χ3v) is 3.55. The van der Waals surface area contributed by atoms with Crippen LogP contribution >= 0.6 is 0 Å². The van der Waals surface area contributed by atoms with Crippen molar-refractivity contribution in [1.82, 2.24) is 15.5 Å². The van der Waals surface area contributed by atoms with Crippen molar-refractivity contribution >= 4 is 11.9 Å². The summed E-state index contributed by atoms with van der Waals surface area (Å²) in [6, 6.07) is 2.24. The molecule has 0 aliphatic heterocycles. The van der Waals surface area contributed by atoms with Crippen molar-refractivity contribution < 1.29 is 23.5 Å². The smallest absolute Gasteiger partial charge is 0.326 e. The van der Waals surface area contributed by atoms with Gasteiger partial charge >= 0.3 is 5.97 Å². The Bertz CT molecular complexity index is 726. The molecule has 0 bridgehead atoms. The molecule has 8 heteroatoms. The van der Waals surface area contributed by atoms with E-state index in [0.717, 1.165) is 24.8 Å². The summed E-state index contributed by atoms with van der Waals surface area (Å²) >= 11 is 0. The second-order valence-electron chi connectivity index (χ2n) is 5.26. The molecule has 128 valence electrons. The number of aromatic nitrogens is 2. The fourth-order valence-electron chi connectivity index (χ4n) is 2.29. The number of carboxylic acids is 1. The van der Waals surface area contributed by atoms with Gasteiger partial charge < -0.3 is 10.4 Å². The van der Waals surface area contributed by atoms with Gasteiger partial charge in [-0.2, -0.15) is 5.10 Å². The number of benzene rings is 1. The van der Waals surface area contributed by atoms with E-state index >= 15 is 0 Å². The second-order valence-corrected chi connectivity index (χ2v) is 5.26. The van der Waals surface area contributed by atoms with Crippen LogP contribution in [0.1, 0.15) is 36.5 Å². The minimum absolute atomic E-state index is 0.123. The number of unbranched alkanes of at least 4 members (excludes halogenated alkanes) is 1. The zero-order valence-corrected chi connectivity index (χ0v) is 13.0. The van der Waals surface area contributed by atoms with Crippen LogP contribution in [-0.4, -0.2) is 33.2 Å². The van der Waals surface area contributed by atoms with Crippen molar-refractivity contribution in [3.8, 4) is 11.3 Å². The highest BCUT2D eigenvalue weighted by molar-refractivity contribution is 6.01. The zero-order valence-electron chi connectivity index (χ0n) is 13.0. The molecule has 2 rings (SSSR count). The number of carbonyl (C=O) groups is 2. The number of H-pyrrole nitrogens is 1. The third kappa shape index (κ3) is 3.76. The van der Waals surface area contributed by atoms with E-state index in [1.165, 1.54) is 6.07 Å². The standard InChI is InChI=1S/C16H17F2N3O3/c1-2-3-7-12(16(23)24)20-15(22)9-8-19-21-14(9)13-10(17)5-4-6-11(13)18/h4-6,8,12H,2-3,7H2,1H3,(H,19,21)(H,20,22)(H,23,24). The van der Waals surface area contributed by atoms with E-state index in [2.05, 4.69) is 15.5 Å². The topological polar surface area (TPSA) is 95.1 Å². The number of carbonyl (C=O) groups excluding carboxylic acids is 1. The van der Waals surface area contributed by atoms with Crippen LogP contribution in [0.25, 0.3) is 11.3 Å². The van der Waals surface area contributed by atoms with Crippen molar-refractivity contribution in [3.63, 3.8) is 0 Å². The number of aromatic amines is 1. The lowest BCUT2D eigenvalue weighted by molar-refractivity contribution is -0.139. The first-order chi connectivity index (χ1) is 11.5. The number of nitrogens with one attached hydrogen (secondary N) is 2. The van der Waals surface area contributed by atoms with Gasteiger partial charge in [0.2, 0.25) is 0 Å². The van der Waals surface area contributed by atoms with Crippen LogP contribution in [0.2, 0.25) is 0 Å². The average molecular weight is 337 g/mol. The molecule has 1 aromatic heterocycles. The summed E-state index contributed by atoms with van der Waals surface area (Å²) < 4.78 is 27.8. The SMILES string of the molecule is CCCCC(NC(=O)c1cn[nH]c1-c1c(F)cccc1F)C(=O)O. The molecule has 0 radical (unpaired) electrons. The first-order valence-electron chi connectivity index (χ1n) is 7.47. The molecule has 1 atom stereocenters. The molecule has 1 unspecified atom stereocenters. The largest absolute Gasteiger partial charge is 0.480 e. The summed E-state index contributed by atoms with van der Waals surface area (Å²) in [5.41, 5.74) is -0.676. The summed E-state index contributed by atoms with van der Waals surface area (Å²) in [7, 11) is 0. The van der Waals surface area contributed by atoms with Gasteiger partial charge in [0.25, 0.3) is 5.91 Å². The Morgan fingerprint density at radius 1 is 1.33 bits per heavy atom. The molecular weight excluding hydrogens is 320 g/mol. The molecule has 1 amide bonds. The second kappa shape index (κ2) is 7.67. The van der Waals surface area contributed by atoms with Gasteiger partial charge in [0.05, 0.1) is 23.0 Å². The predicted molar refractivity (Wildman–Crippen MR) is 82.4 cm³/mol. The van der Waals surface area contributed by atoms with E-state index in [1.807, 2.05) is 6.92 Å². The lowest BCUT2D eigenvalue weighted by Crippen LogP contribution is -2.40. The van der Waals surface area contributed by atoms with Gasteiger partial charge in [0.15, 0.2) is 0 Å². The minimum atomic E-state index is -1.17. The summed E-state index contributed by atoms with van der Waals surface area (Å²) in [5.74, 6) is -3.63. The molecule has 1 heterocycles. The van der Waals surface area contributed by atoms with Crippen LogP contribution in [0.5, 0.6) is 0 Å². The summed E-state index contributed by atoms with van der Waals surface area (Å²) in [6.45, 7) is 1.90. The molecule has 0 spiro atoms. The number of hydrogen-bond donors (Lipinski definition) is 3. The van der Waals surface area contributed by atoms with Crippen molar-refractivity contribution in [3.05, 3.63) is 41.6 Å². The summed E-state index contributed by atoms with van der Waals surface area (Å²) in [5, 5.41) is 17.6. The molecule has 0 saturated carbocycles. The number of hydrogen-bond acceptors (Lipinski definition) is 3. The van der Waals surface area contributed by atoms with E-state index in [1.54, 1.807) is 0 Å². The highest BCUT2D eigenvalue weighted by atomic mass is 19.1. The van der Waals surface area contributed by atoms with Crippen molar-refractivity contribution in [2.45, 2.75) is 32.2 Å². The Hall–Kier alpha value is -2.77. The lowest BCUT2D eigenvalue weighted by atomic mass is 10.1. The molecule has 0 saturated heterocycles. The molecule has 6 nitrogen and oxygen atoms in total. The molecule has 24 heavy (non-hydrogen) atoms. The maximum absolute atomic E-state index is 13.9. The summed E-state index contributed by atoms with van der Waals surface area (Å²) in [4.78, 5) is 23.5. The number of halogens is 2. The van der Waals surface area contributed by atoms with E-state index in [9.17, 15) is 18.4 Å². The molecular formula is C16H17F2N3O3. The maximum atomic E-state index is 13.9. The van der Waals surface area contributed by atoms with Gasteiger partial charge in [-0.05, 0) is 18.6 Å². The summed E-state index contributed by atoms with van der Waals surface area (Å²) in [6.07, 6.45) is 2.77. The number of amides is 1. The van der Waals surface area contributed by atoms with Gasteiger partial charge in [-0.1, -0.05) is 25.8 Å². The van der Waals surface area contributed by atoms with Crippen LogP contribution in [0.15, 0.2) is 24.4 Å². The molecule has 0 aliphatic carbocycles. The van der Waals surface area contributed by atoms with Gasteiger partial charge in [0, 0.05) is 0 Å². The zero-order chi connectivity index (χ0) is 17.7. The normalized spacial score (nSPS) is 12.0. The molecule has 1 aromatic carbocycles. The molecule has 0 aliphatic rings. The fourth-order valence-corrected chi connectivity index (χ4v) is 2.29. The highest BCUT2D eigenvalue weighted by Crippen LogP contribution is 2.27. The average Bonchev–Trinajstić information content (AvgIpc) is 3.00. The lowest BCUT2D eigenvalue weighted by Gasteiger charge is -2.14. The number of rotatable bonds is 7. The van der Waals surface area contributed by atoms with E-state index in [4.69, 9.17) is 5.11 Å².